The van der Waals surface area contributed by atoms with Gasteiger partial charge in [-0.2, -0.15) is 8.42 Å². The van der Waals surface area contributed by atoms with Crippen LogP contribution in [-0.2, 0) is 25.2 Å². The van der Waals surface area contributed by atoms with Gasteiger partial charge < -0.3 is 9.64 Å². The van der Waals surface area contributed by atoms with Crippen LogP contribution in [0, 0.1) is 12.8 Å². The Labute approximate surface area is 216 Å². The molecule has 4 unspecified atom stereocenters. The number of hydrogen-bond acceptors (Lipinski definition) is 4. The maximum atomic E-state index is 12.7. The summed E-state index contributed by atoms with van der Waals surface area (Å²) in [7, 11) is -2.47. The van der Waals surface area contributed by atoms with E-state index in [0.29, 0.717) is 12.3 Å². The van der Waals surface area contributed by atoms with Crippen LogP contribution >= 0.6 is 0 Å². The summed E-state index contributed by atoms with van der Waals surface area (Å²) in [6, 6.07) is 16.1. The molecule has 2 aromatic rings. The topological polar surface area (TPSA) is 75.7 Å². The maximum absolute atomic E-state index is 12.7. The lowest BCUT2D eigenvalue weighted by molar-refractivity contribution is -0.134. The Bertz CT molecular complexity index is 1220. The third kappa shape index (κ3) is 5.58. The molecular formula is C29H38N2O4S. The van der Waals surface area contributed by atoms with Crippen molar-refractivity contribution in [1.29, 1.82) is 0 Å². The Morgan fingerprint density at radius 1 is 1.14 bits per heavy atom. The molecule has 2 heterocycles. The number of unbranched alkanes of at least 4 members (excludes halogenated alkanes) is 2. The third-order valence-corrected chi connectivity index (χ3v) is 8.62. The molecule has 0 radical (unpaired) electrons. The molecular weight excluding hydrogens is 472 g/mol. The van der Waals surface area contributed by atoms with Gasteiger partial charge in [-0.05, 0) is 47.8 Å². The third-order valence-electron chi connectivity index (χ3n) is 8.10. The number of benzene rings is 2. The van der Waals surface area contributed by atoms with Crippen LogP contribution in [0.5, 0.6) is 0 Å². The van der Waals surface area contributed by atoms with Crippen LogP contribution in [0.25, 0.3) is 0 Å². The van der Waals surface area contributed by atoms with Gasteiger partial charge in [-0.15, -0.1) is 0 Å². The van der Waals surface area contributed by atoms with Gasteiger partial charge in [0.2, 0.25) is 11.1 Å². The van der Waals surface area contributed by atoms with E-state index in [9.17, 15) is 13.2 Å². The van der Waals surface area contributed by atoms with Crippen LogP contribution < -0.4 is 5.32 Å². The lowest BCUT2D eigenvalue weighted by atomic mass is 9.67. The fourth-order valence-electron chi connectivity index (χ4n) is 5.45. The van der Waals surface area contributed by atoms with Crippen LogP contribution in [0.4, 0.5) is 0 Å². The molecule has 2 fully saturated rings. The van der Waals surface area contributed by atoms with E-state index in [1.807, 2.05) is 48.2 Å². The second-order valence-electron chi connectivity index (χ2n) is 10.6. The highest BCUT2D eigenvalue weighted by Gasteiger charge is 2.41. The molecule has 194 valence electrons. The van der Waals surface area contributed by atoms with E-state index in [2.05, 4.69) is 38.2 Å². The van der Waals surface area contributed by atoms with Crippen LogP contribution in [0.15, 0.2) is 48.5 Å². The zero-order valence-corrected chi connectivity index (χ0v) is 22.6. The highest BCUT2D eigenvalue weighted by Crippen LogP contribution is 2.42. The molecule has 2 aromatic carbocycles. The molecule has 36 heavy (non-hydrogen) atoms. The zero-order valence-electron chi connectivity index (χ0n) is 21.8. The van der Waals surface area contributed by atoms with Gasteiger partial charge >= 0.3 is 0 Å². The van der Waals surface area contributed by atoms with Crippen molar-refractivity contribution in [2.45, 2.75) is 77.4 Å². The minimum atomic E-state index is -2.47. The molecule has 4 atom stereocenters. The van der Waals surface area contributed by atoms with Gasteiger partial charge in [0.25, 0.3) is 10.3 Å². The van der Waals surface area contributed by atoms with Crippen LogP contribution in [0.1, 0.15) is 87.3 Å². The van der Waals surface area contributed by atoms with E-state index in [1.165, 1.54) is 5.56 Å². The fraction of sp³-hybridized carbons (Fsp3) is 0.517. The van der Waals surface area contributed by atoms with Gasteiger partial charge in [0.1, 0.15) is 6.10 Å². The summed E-state index contributed by atoms with van der Waals surface area (Å²) in [5, 5.41) is 2.95. The van der Waals surface area contributed by atoms with Crippen molar-refractivity contribution in [3.8, 4) is 0 Å². The quantitative estimate of drug-likeness (QED) is 0.416. The molecule has 0 spiro atoms. The lowest BCUT2D eigenvalue weighted by Gasteiger charge is -2.45. The smallest absolute Gasteiger partial charge is 0.257 e. The summed E-state index contributed by atoms with van der Waals surface area (Å²) < 4.78 is 29.4. The first kappa shape index (κ1) is 26.6. The van der Waals surface area contributed by atoms with E-state index in [-0.39, 0.29) is 22.5 Å². The van der Waals surface area contributed by atoms with Crippen molar-refractivity contribution in [1.82, 2.24) is 10.2 Å². The van der Waals surface area contributed by atoms with Crippen molar-refractivity contribution in [2.24, 2.45) is 5.92 Å². The second-order valence-corrected chi connectivity index (χ2v) is 11.4. The first-order valence-electron chi connectivity index (χ1n) is 13.1. The van der Waals surface area contributed by atoms with Gasteiger partial charge in [0.15, 0.2) is 0 Å². The average molecular weight is 511 g/mol. The van der Waals surface area contributed by atoms with Crippen LogP contribution in [-0.4, -0.2) is 37.5 Å². The number of hydrogen-bond donors (Lipinski definition) is 1. The molecule has 0 aromatic heterocycles. The Balaban J connectivity index is 1.57. The number of rotatable bonds is 7. The van der Waals surface area contributed by atoms with Crippen molar-refractivity contribution < 1.29 is 17.9 Å². The van der Waals surface area contributed by atoms with Gasteiger partial charge in [0, 0.05) is 19.5 Å². The maximum Gasteiger partial charge on any atom is 0.257 e. The number of amides is 1. The average Bonchev–Trinajstić information content (AvgIpc) is 3.32. The zero-order chi connectivity index (χ0) is 25.9. The Morgan fingerprint density at radius 2 is 1.89 bits per heavy atom. The predicted molar refractivity (Wildman–Crippen MR) is 143 cm³/mol. The van der Waals surface area contributed by atoms with E-state index < -0.39 is 16.4 Å². The standard InChI is InChI=1S/C29H38N2O4S/c1-5-6-7-11-25(32)31-17-16-29(4,21(3)19-31)24-10-8-9-23(18-24)27-26(30-28(35-27)36(33)34)22-14-12-20(2)13-15-22/h8-10,12-15,18,21,26-27,30H,5-7,11,16-17,19H2,1-4H3. The summed E-state index contributed by atoms with van der Waals surface area (Å²) >= 11 is 0. The van der Waals surface area contributed by atoms with Crippen molar-refractivity contribution in [2.75, 3.05) is 13.1 Å². The van der Waals surface area contributed by atoms with Gasteiger partial charge in [-0.25, -0.2) is 5.32 Å². The summed E-state index contributed by atoms with van der Waals surface area (Å²) in [4.78, 5) is 14.8. The normalized spacial score (nSPS) is 26.3. The summed E-state index contributed by atoms with van der Waals surface area (Å²) in [6.07, 6.45) is 4.25. The predicted octanol–water partition coefficient (Wildman–Crippen LogP) is 5.07. The molecule has 4 rings (SSSR count). The Morgan fingerprint density at radius 3 is 2.56 bits per heavy atom. The molecule has 0 saturated carbocycles. The van der Waals surface area contributed by atoms with Crippen molar-refractivity contribution in [3.05, 3.63) is 70.8 Å². The molecule has 6 nitrogen and oxygen atoms in total. The number of nitrogens with zero attached hydrogens (tertiary/aromatic N) is 1. The highest BCUT2D eigenvalue weighted by molar-refractivity contribution is 7.72. The van der Waals surface area contributed by atoms with Gasteiger partial charge in [0.05, 0.1) is 6.04 Å². The highest BCUT2D eigenvalue weighted by atomic mass is 32.2. The number of carbonyl (C=O) groups is 1. The summed E-state index contributed by atoms with van der Waals surface area (Å²) in [5.74, 6) is 0.564. The number of ether oxygens (including phenoxy) is 1. The largest absolute Gasteiger partial charge is 0.342 e. The second kappa shape index (κ2) is 11.3. The van der Waals surface area contributed by atoms with Gasteiger partial charge in [-0.3, -0.25) is 4.79 Å². The molecule has 2 aliphatic heterocycles. The molecule has 1 amide bonds. The number of piperidine rings is 1. The minimum absolute atomic E-state index is 0.0878. The molecule has 2 saturated heterocycles. The van der Waals surface area contributed by atoms with E-state index in [0.717, 1.165) is 55.5 Å². The summed E-state index contributed by atoms with van der Waals surface area (Å²) in [5.41, 5.74) is 4.18. The molecule has 1 N–H and O–H groups in total. The van der Waals surface area contributed by atoms with E-state index >= 15 is 0 Å². The SMILES string of the molecule is CCCCCC(=O)N1CCC(C)(c2cccc(C3OC(=S(=O)=O)NC3c3ccc(C)cc3)c2)C(C)C1. The first-order valence-corrected chi connectivity index (χ1v) is 14.1. The number of carbonyl (C=O) groups excluding carboxylic acids is 1. The molecule has 0 bridgehead atoms. The van der Waals surface area contributed by atoms with E-state index in [1.54, 1.807) is 0 Å². The molecule has 2 aliphatic rings. The summed E-state index contributed by atoms with van der Waals surface area (Å²) in [6.45, 7) is 10.2. The molecule has 7 heteroatoms. The van der Waals surface area contributed by atoms with E-state index in [4.69, 9.17) is 4.74 Å². The number of aryl methyl sites for hydroxylation is 1. The number of nitrogens with one attached hydrogen (secondary N) is 1. The van der Waals surface area contributed by atoms with Crippen molar-refractivity contribution in [3.63, 3.8) is 0 Å². The molecule has 0 aliphatic carbocycles. The van der Waals surface area contributed by atoms with Crippen molar-refractivity contribution >= 4 is 21.4 Å². The first-order chi connectivity index (χ1) is 17.2. The monoisotopic (exact) mass is 510 g/mol. The Hall–Kier alpha value is -2.48. The number of likely N-dealkylation sites (tertiary alicyclic amines) is 1. The minimum Gasteiger partial charge on any atom is -0.342 e. The lowest BCUT2D eigenvalue weighted by Crippen LogP contribution is -2.49. The van der Waals surface area contributed by atoms with Gasteiger partial charge in [-0.1, -0.05) is 87.7 Å². The van der Waals surface area contributed by atoms with Crippen LogP contribution in [0.3, 0.4) is 0 Å². The Kier molecular flexibility index (Phi) is 8.33. The van der Waals surface area contributed by atoms with Crippen LogP contribution in [0.2, 0.25) is 0 Å². The fourth-order valence-corrected chi connectivity index (χ4v) is 5.85.